The topological polar surface area (TPSA) is 75.9 Å². The third-order valence-corrected chi connectivity index (χ3v) is 2.55. The van der Waals surface area contributed by atoms with Crippen LogP contribution in [0.25, 0.3) is 0 Å². The minimum atomic E-state index is -0.523. The summed E-state index contributed by atoms with van der Waals surface area (Å²) < 4.78 is 4.66. The van der Waals surface area contributed by atoms with E-state index in [1.807, 2.05) is 11.9 Å². The molecule has 6 heteroatoms. The van der Waals surface area contributed by atoms with Crippen molar-refractivity contribution < 1.29 is 14.3 Å². The summed E-state index contributed by atoms with van der Waals surface area (Å²) in [6, 6.07) is -0.523. The molecule has 0 aromatic carbocycles. The van der Waals surface area contributed by atoms with E-state index in [9.17, 15) is 9.59 Å². The molecule has 0 radical (unpaired) electrons. The minimum Gasteiger partial charge on any atom is -0.467 e. The summed E-state index contributed by atoms with van der Waals surface area (Å²) in [6.45, 7) is 1.70. The molecule has 1 fully saturated rings. The van der Waals surface area contributed by atoms with Gasteiger partial charge in [-0.05, 0) is 7.05 Å². The third kappa shape index (κ3) is 2.66. The zero-order valence-corrected chi connectivity index (χ0v) is 9.10. The Kier molecular flexibility index (Phi) is 4.05. The molecule has 0 bridgehead atoms. The van der Waals surface area contributed by atoms with Crippen molar-refractivity contribution in [2.75, 3.05) is 40.3 Å². The zero-order chi connectivity index (χ0) is 11.4. The van der Waals surface area contributed by atoms with E-state index in [2.05, 4.69) is 4.74 Å². The zero-order valence-electron chi connectivity index (χ0n) is 9.10. The maximum absolute atomic E-state index is 11.5. The van der Waals surface area contributed by atoms with E-state index >= 15 is 0 Å². The second kappa shape index (κ2) is 5.09. The first kappa shape index (κ1) is 11.9. The average Bonchev–Trinajstić information content (AvgIpc) is 2.26. The molecule has 0 spiro atoms. The molecular weight excluding hydrogens is 198 g/mol. The first-order valence-electron chi connectivity index (χ1n) is 4.86. The smallest absolute Gasteiger partial charge is 0.329 e. The summed E-state index contributed by atoms with van der Waals surface area (Å²) >= 11 is 0. The van der Waals surface area contributed by atoms with Gasteiger partial charge in [-0.3, -0.25) is 4.79 Å². The number of hydrogen-bond donors (Lipinski definition) is 1. The van der Waals surface area contributed by atoms with Gasteiger partial charge in [-0.25, -0.2) is 4.79 Å². The van der Waals surface area contributed by atoms with E-state index < -0.39 is 6.04 Å². The van der Waals surface area contributed by atoms with Crippen molar-refractivity contribution >= 4 is 11.9 Å². The summed E-state index contributed by atoms with van der Waals surface area (Å²) in [5.41, 5.74) is 5.28. The van der Waals surface area contributed by atoms with E-state index in [0.717, 1.165) is 6.54 Å². The molecular formula is C9H17N3O3. The number of rotatable bonds is 2. The van der Waals surface area contributed by atoms with Gasteiger partial charge in [-0.1, -0.05) is 0 Å². The predicted octanol–water partition coefficient (Wildman–Crippen LogP) is -1.74. The van der Waals surface area contributed by atoms with Crippen LogP contribution in [0.1, 0.15) is 0 Å². The monoisotopic (exact) mass is 215 g/mol. The molecule has 2 N–H and O–H groups in total. The van der Waals surface area contributed by atoms with Crippen LogP contribution in [0, 0.1) is 0 Å². The van der Waals surface area contributed by atoms with Crippen LogP contribution in [0.4, 0.5) is 0 Å². The van der Waals surface area contributed by atoms with E-state index in [1.165, 1.54) is 12.0 Å². The largest absolute Gasteiger partial charge is 0.467 e. The fraction of sp³-hybridized carbons (Fsp3) is 0.778. The molecule has 0 saturated carbocycles. The Balaban J connectivity index is 2.74. The van der Waals surface area contributed by atoms with Gasteiger partial charge in [0.2, 0.25) is 5.91 Å². The lowest BCUT2D eigenvalue weighted by atomic mass is 10.1. The van der Waals surface area contributed by atoms with Crippen molar-refractivity contribution in [2.45, 2.75) is 6.04 Å². The highest BCUT2D eigenvalue weighted by molar-refractivity contribution is 5.85. The van der Waals surface area contributed by atoms with Crippen LogP contribution in [0.5, 0.6) is 0 Å². The summed E-state index contributed by atoms with van der Waals surface area (Å²) in [7, 11) is 3.22. The van der Waals surface area contributed by atoms with Crippen molar-refractivity contribution in [1.82, 2.24) is 9.80 Å². The molecule has 6 nitrogen and oxygen atoms in total. The van der Waals surface area contributed by atoms with E-state index in [4.69, 9.17) is 5.73 Å². The van der Waals surface area contributed by atoms with Crippen LogP contribution in [0.2, 0.25) is 0 Å². The second-order valence-corrected chi connectivity index (χ2v) is 3.59. The first-order chi connectivity index (χ1) is 7.10. The molecule has 0 aliphatic carbocycles. The average molecular weight is 215 g/mol. The summed E-state index contributed by atoms with van der Waals surface area (Å²) in [5, 5.41) is 0. The molecule has 1 heterocycles. The maximum atomic E-state index is 11.5. The number of nitrogens with zero attached hydrogens (tertiary/aromatic N) is 2. The predicted molar refractivity (Wildman–Crippen MR) is 54.1 cm³/mol. The van der Waals surface area contributed by atoms with Crippen molar-refractivity contribution in [3.63, 3.8) is 0 Å². The van der Waals surface area contributed by atoms with E-state index in [-0.39, 0.29) is 18.4 Å². The number of carbonyl (C=O) groups excluding carboxylic acids is 2. The maximum Gasteiger partial charge on any atom is 0.329 e. The normalized spacial score (nSPS) is 22.6. The number of likely N-dealkylation sites (N-methyl/N-ethyl adjacent to an activating group) is 1. The standard InChI is InChI=1S/C9H17N3O3/c1-11-3-4-12(8(13)5-10)7(6-11)9(14)15-2/h7H,3-6,10H2,1-2H3. The summed E-state index contributed by atoms with van der Waals surface area (Å²) in [4.78, 5) is 26.4. The Morgan fingerprint density at radius 3 is 2.67 bits per heavy atom. The summed E-state index contributed by atoms with van der Waals surface area (Å²) in [6.07, 6.45) is 0. The molecule has 15 heavy (non-hydrogen) atoms. The van der Waals surface area contributed by atoms with Crippen LogP contribution in [0.15, 0.2) is 0 Å². The van der Waals surface area contributed by atoms with Gasteiger partial charge < -0.3 is 20.3 Å². The number of methoxy groups -OCH3 is 1. The van der Waals surface area contributed by atoms with Crippen LogP contribution >= 0.6 is 0 Å². The first-order valence-corrected chi connectivity index (χ1v) is 4.86. The van der Waals surface area contributed by atoms with Crippen molar-refractivity contribution in [2.24, 2.45) is 5.73 Å². The summed E-state index contributed by atoms with van der Waals surface area (Å²) in [5.74, 6) is -0.596. The highest BCUT2D eigenvalue weighted by atomic mass is 16.5. The van der Waals surface area contributed by atoms with Gasteiger partial charge >= 0.3 is 5.97 Å². The fourth-order valence-electron chi connectivity index (χ4n) is 1.67. The molecule has 1 atom stereocenters. The molecule has 0 aromatic heterocycles. The highest BCUT2D eigenvalue weighted by Gasteiger charge is 2.34. The van der Waals surface area contributed by atoms with Gasteiger partial charge in [0.25, 0.3) is 0 Å². The van der Waals surface area contributed by atoms with Crippen molar-refractivity contribution in [3.8, 4) is 0 Å². The van der Waals surface area contributed by atoms with Crippen molar-refractivity contribution in [1.29, 1.82) is 0 Å². The third-order valence-electron chi connectivity index (χ3n) is 2.55. The van der Waals surface area contributed by atoms with Gasteiger partial charge in [0, 0.05) is 19.6 Å². The van der Waals surface area contributed by atoms with Gasteiger partial charge in [0.05, 0.1) is 13.7 Å². The van der Waals surface area contributed by atoms with E-state index in [1.54, 1.807) is 0 Å². The molecule has 1 saturated heterocycles. The number of carbonyl (C=O) groups is 2. The minimum absolute atomic E-state index is 0.0722. The molecule has 1 unspecified atom stereocenters. The Bertz CT molecular complexity index is 257. The number of esters is 1. The molecule has 1 aliphatic heterocycles. The molecule has 1 amide bonds. The van der Waals surface area contributed by atoms with Crippen molar-refractivity contribution in [3.05, 3.63) is 0 Å². The Labute approximate surface area is 88.9 Å². The molecule has 1 rings (SSSR count). The fourth-order valence-corrected chi connectivity index (χ4v) is 1.67. The molecule has 0 aromatic rings. The van der Waals surface area contributed by atoms with Gasteiger partial charge in [0.1, 0.15) is 6.04 Å². The molecule has 1 aliphatic rings. The quantitative estimate of drug-likeness (QED) is 0.553. The number of ether oxygens (including phenoxy) is 1. The van der Waals surface area contributed by atoms with Crippen LogP contribution in [-0.4, -0.2) is 68.1 Å². The van der Waals surface area contributed by atoms with Crippen LogP contribution < -0.4 is 5.73 Å². The highest BCUT2D eigenvalue weighted by Crippen LogP contribution is 2.09. The van der Waals surface area contributed by atoms with Gasteiger partial charge in [-0.2, -0.15) is 0 Å². The second-order valence-electron chi connectivity index (χ2n) is 3.59. The molecule has 86 valence electrons. The Morgan fingerprint density at radius 1 is 1.47 bits per heavy atom. The Morgan fingerprint density at radius 2 is 2.13 bits per heavy atom. The Hall–Kier alpha value is -1.14. The number of nitrogens with two attached hydrogens (primary N) is 1. The lowest BCUT2D eigenvalue weighted by Gasteiger charge is -2.38. The lowest BCUT2D eigenvalue weighted by Crippen LogP contribution is -2.58. The van der Waals surface area contributed by atoms with E-state index in [0.29, 0.717) is 13.1 Å². The van der Waals surface area contributed by atoms with Gasteiger partial charge in [0.15, 0.2) is 0 Å². The number of amides is 1. The number of piperazine rings is 1. The lowest BCUT2D eigenvalue weighted by molar-refractivity contribution is -0.155. The van der Waals surface area contributed by atoms with Crippen LogP contribution in [0.3, 0.4) is 0 Å². The van der Waals surface area contributed by atoms with Gasteiger partial charge in [-0.15, -0.1) is 0 Å². The SMILES string of the molecule is COC(=O)C1CN(C)CCN1C(=O)CN. The number of hydrogen-bond acceptors (Lipinski definition) is 5. The van der Waals surface area contributed by atoms with Crippen LogP contribution in [-0.2, 0) is 14.3 Å².